The largest absolute Gasteiger partial charge is 0.416 e. The molecule has 8 heteroatoms. The van der Waals surface area contributed by atoms with Crippen molar-refractivity contribution in [3.63, 3.8) is 0 Å². The minimum absolute atomic E-state index is 0.0835. The summed E-state index contributed by atoms with van der Waals surface area (Å²) in [6.07, 6.45) is -5.46. The molecular weight excluding hydrogens is 421 g/mol. The summed E-state index contributed by atoms with van der Waals surface area (Å²) in [7, 11) is 0. The van der Waals surface area contributed by atoms with E-state index in [9.17, 15) is 23.1 Å². The van der Waals surface area contributed by atoms with Crippen LogP contribution >= 0.6 is 0 Å². The van der Waals surface area contributed by atoms with Crippen LogP contribution in [-0.2, 0) is 6.18 Å². The summed E-state index contributed by atoms with van der Waals surface area (Å²) < 4.78 is 40.8. The van der Waals surface area contributed by atoms with Crippen LogP contribution in [0.3, 0.4) is 0 Å². The molecule has 0 radical (unpaired) electrons. The predicted molar refractivity (Wildman–Crippen MR) is 116 cm³/mol. The second kappa shape index (κ2) is 8.29. The van der Waals surface area contributed by atoms with Crippen LogP contribution < -0.4 is 5.32 Å². The van der Waals surface area contributed by atoms with Gasteiger partial charge in [0.25, 0.3) is 5.91 Å². The minimum Gasteiger partial charge on any atom is -0.394 e. The third kappa shape index (κ3) is 4.06. The van der Waals surface area contributed by atoms with Gasteiger partial charge >= 0.3 is 6.18 Å². The van der Waals surface area contributed by atoms with Crippen molar-refractivity contribution in [1.29, 1.82) is 0 Å². The molecule has 3 aromatic carbocycles. The number of hydrogen-bond acceptors (Lipinski definition) is 3. The number of hydrogen-bond donors (Lipinski definition) is 3. The number of aliphatic hydroxyl groups excluding tert-OH is 2. The first-order valence-corrected chi connectivity index (χ1v) is 9.98. The Hall–Kier alpha value is -3.36. The molecule has 0 saturated heterocycles. The van der Waals surface area contributed by atoms with Crippen molar-refractivity contribution in [1.82, 2.24) is 9.88 Å². The molecule has 1 amide bonds. The SMILES string of the molecule is Cc1ccc2c(c1)c1cc(C(=O)NC[C@@H](O)CO)ccc1n2-c1ccc(C(F)(F)F)cc1. The normalized spacial score (nSPS) is 12.9. The maximum atomic E-state index is 13.0. The standard InChI is InChI=1S/C24H21F3N2O3/c1-14-2-8-21-19(10-14)20-11-15(23(32)28-12-18(31)13-30)3-9-22(20)29(21)17-6-4-16(5-7-17)24(25,26)27/h2-11,18,30-31H,12-13H2,1H3,(H,28,32)/t18-/m1/s1. The molecule has 1 heterocycles. The van der Waals surface area contributed by atoms with Gasteiger partial charge in [0.05, 0.1) is 29.3 Å². The van der Waals surface area contributed by atoms with Gasteiger partial charge in [0.15, 0.2) is 0 Å². The van der Waals surface area contributed by atoms with E-state index in [-0.39, 0.29) is 6.54 Å². The summed E-state index contributed by atoms with van der Waals surface area (Å²) in [5.41, 5.74) is 2.78. The number of aromatic nitrogens is 1. The van der Waals surface area contributed by atoms with Crippen molar-refractivity contribution in [2.45, 2.75) is 19.2 Å². The molecular formula is C24H21F3N2O3. The summed E-state index contributed by atoms with van der Waals surface area (Å²) in [5.74, 6) is -0.400. The van der Waals surface area contributed by atoms with E-state index in [4.69, 9.17) is 5.11 Å². The minimum atomic E-state index is -4.41. The zero-order chi connectivity index (χ0) is 23.0. The lowest BCUT2D eigenvalue weighted by Gasteiger charge is -2.11. The Morgan fingerprint density at radius 1 is 1.00 bits per heavy atom. The summed E-state index contributed by atoms with van der Waals surface area (Å²) in [5, 5.41) is 22.6. The van der Waals surface area contributed by atoms with Gasteiger partial charge in [-0.05, 0) is 61.5 Å². The second-order valence-corrected chi connectivity index (χ2v) is 7.68. The van der Waals surface area contributed by atoms with Gasteiger partial charge in [-0.25, -0.2) is 0 Å². The molecule has 5 nitrogen and oxygen atoms in total. The van der Waals surface area contributed by atoms with Crippen LogP contribution in [0.25, 0.3) is 27.5 Å². The zero-order valence-corrected chi connectivity index (χ0v) is 17.1. The van der Waals surface area contributed by atoms with E-state index < -0.39 is 30.4 Å². The maximum absolute atomic E-state index is 13.0. The Morgan fingerprint density at radius 2 is 1.62 bits per heavy atom. The van der Waals surface area contributed by atoms with Gasteiger partial charge < -0.3 is 20.1 Å². The number of benzene rings is 3. The molecule has 1 atom stereocenters. The third-order valence-corrected chi connectivity index (χ3v) is 5.34. The van der Waals surface area contributed by atoms with Crippen LogP contribution in [-0.4, -0.2) is 39.9 Å². The van der Waals surface area contributed by atoms with Gasteiger partial charge in [0, 0.05) is 28.6 Å². The molecule has 0 spiro atoms. The molecule has 32 heavy (non-hydrogen) atoms. The fourth-order valence-corrected chi connectivity index (χ4v) is 3.73. The van der Waals surface area contributed by atoms with Crippen molar-refractivity contribution in [2.75, 3.05) is 13.2 Å². The average Bonchev–Trinajstić information content (AvgIpc) is 3.09. The predicted octanol–water partition coefficient (Wildman–Crippen LogP) is 4.19. The van der Waals surface area contributed by atoms with Crippen LogP contribution in [0.5, 0.6) is 0 Å². The molecule has 166 valence electrons. The fraction of sp³-hybridized carbons (Fsp3) is 0.208. The van der Waals surface area contributed by atoms with E-state index in [1.54, 1.807) is 18.2 Å². The number of aryl methyl sites for hydroxylation is 1. The lowest BCUT2D eigenvalue weighted by Crippen LogP contribution is -2.33. The topological polar surface area (TPSA) is 74.5 Å². The van der Waals surface area contributed by atoms with Crippen molar-refractivity contribution in [3.05, 3.63) is 77.4 Å². The highest BCUT2D eigenvalue weighted by molar-refractivity contribution is 6.11. The lowest BCUT2D eigenvalue weighted by molar-refractivity contribution is -0.137. The van der Waals surface area contributed by atoms with E-state index in [2.05, 4.69) is 5.32 Å². The van der Waals surface area contributed by atoms with E-state index in [0.29, 0.717) is 11.3 Å². The first kappa shape index (κ1) is 21.9. The van der Waals surface area contributed by atoms with E-state index >= 15 is 0 Å². The molecule has 4 rings (SSSR count). The van der Waals surface area contributed by atoms with Crippen molar-refractivity contribution < 1.29 is 28.2 Å². The van der Waals surface area contributed by atoms with Crippen LogP contribution in [0.4, 0.5) is 13.2 Å². The molecule has 0 unspecified atom stereocenters. The Bertz CT molecular complexity index is 1290. The zero-order valence-electron chi connectivity index (χ0n) is 17.1. The fourth-order valence-electron chi connectivity index (χ4n) is 3.73. The number of rotatable bonds is 5. The molecule has 0 aliphatic carbocycles. The third-order valence-electron chi connectivity index (χ3n) is 5.34. The first-order valence-electron chi connectivity index (χ1n) is 9.98. The number of amides is 1. The highest BCUT2D eigenvalue weighted by Crippen LogP contribution is 2.35. The van der Waals surface area contributed by atoms with E-state index in [1.807, 2.05) is 29.7 Å². The highest BCUT2D eigenvalue weighted by Gasteiger charge is 2.30. The van der Waals surface area contributed by atoms with Crippen LogP contribution in [0.1, 0.15) is 21.5 Å². The smallest absolute Gasteiger partial charge is 0.394 e. The number of aliphatic hydroxyl groups is 2. The average molecular weight is 442 g/mol. The quantitative estimate of drug-likeness (QED) is 0.434. The number of fused-ring (bicyclic) bond motifs is 3. The van der Waals surface area contributed by atoms with Crippen LogP contribution in [0.2, 0.25) is 0 Å². The molecule has 1 aromatic heterocycles. The van der Waals surface area contributed by atoms with Gasteiger partial charge in [-0.15, -0.1) is 0 Å². The number of nitrogens with zero attached hydrogens (tertiary/aromatic N) is 1. The highest BCUT2D eigenvalue weighted by atomic mass is 19.4. The Kier molecular flexibility index (Phi) is 5.66. The van der Waals surface area contributed by atoms with Gasteiger partial charge in [-0.1, -0.05) is 11.6 Å². The maximum Gasteiger partial charge on any atom is 0.416 e. The van der Waals surface area contributed by atoms with Gasteiger partial charge in [0.1, 0.15) is 0 Å². The molecule has 0 aliphatic rings. The molecule has 0 aliphatic heterocycles. The number of alkyl halides is 3. The van der Waals surface area contributed by atoms with Crippen LogP contribution in [0.15, 0.2) is 60.7 Å². The van der Waals surface area contributed by atoms with Gasteiger partial charge in [-0.2, -0.15) is 13.2 Å². The molecule has 4 aromatic rings. The van der Waals surface area contributed by atoms with Crippen molar-refractivity contribution in [2.24, 2.45) is 0 Å². The second-order valence-electron chi connectivity index (χ2n) is 7.68. The summed E-state index contributed by atoms with van der Waals surface area (Å²) in [4.78, 5) is 12.5. The monoisotopic (exact) mass is 442 g/mol. The van der Waals surface area contributed by atoms with Crippen molar-refractivity contribution in [3.8, 4) is 5.69 Å². The first-order chi connectivity index (χ1) is 15.2. The van der Waals surface area contributed by atoms with Gasteiger partial charge in [0.2, 0.25) is 0 Å². The van der Waals surface area contributed by atoms with E-state index in [0.717, 1.165) is 39.5 Å². The molecule has 0 bridgehead atoms. The molecule has 0 fully saturated rings. The number of halogens is 3. The number of carbonyl (C=O) groups is 1. The van der Waals surface area contributed by atoms with E-state index in [1.165, 1.54) is 12.1 Å². The molecule has 0 saturated carbocycles. The van der Waals surface area contributed by atoms with Gasteiger partial charge in [-0.3, -0.25) is 4.79 Å². The Balaban J connectivity index is 1.84. The Morgan fingerprint density at radius 3 is 2.25 bits per heavy atom. The number of nitrogens with one attached hydrogen (secondary N) is 1. The molecule has 3 N–H and O–H groups in total. The number of carbonyl (C=O) groups excluding carboxylic acids is 1. The summed E-state index contributed by atoms with van der Waals surface area (Å²) >= 11 is 0. The lowest BCUT2D eigenvalue weighted by atomic mass is 10.1. The summed E-state index contributed by atoms with van der Waals surface area (Å²) in [6.45, 7) is 1.40. The van der Waals surface area contributed by atoms with Crippen molar-refractivity contribution >= 4 is 27.7 Å². The summed E-state index contributed by atoms with van der Waals surface area (Å²) in [6, 6.07) is 15.8. The van der Waals surface area contributed by atoms with Crippen LogP contribution in [0, 0.1) is 6.92 Å². The Labute approximate surface area is 181 Å².